The lowest BCUT2D eigenvalue weighted by Gasteiger charge is -2.00. The summed E-state index contributed by atoms with van der Waals surface area (Å²) in [4.78, 5) is 0. The van der Waals surface area contributed by atoms with Gasteiger partial charge in [-0.15, -0.1) is 0 Å². The maximum Gasteiger partial charge on any atom is 0.118 e. The Morgan fingerprint density at radius 2 is 2.20 bits per heavy atom. The molecule has 0 atom stereocenters. The average molecular weight is 244 g/mol. The average Bonchev–Trinajstić information content (AvgIpc) is 1.88. The van der Waals surface area contributed by atoms with E-state index >= 15 is 0 Å². The number of halogens is 1. The molecular formula is C7H6BIO. The van der Waals surface area contributed by atoms with Crippen LogP contribution < -0.4 is 5.46 Å². The standard InChI is InChI=1S/C7H6BIO/c8-6-2-1-5(4-9)7(10)3-6/h1-3,10H,4H2. The SMILES string of the molecule is [B]c1ccc(CI)c(O)c1. The van der Waals surface area contributed by atoms with Crippen LogP contribution in [0.2, 0.25) is 0 Å². The summed E-state index contributed by atoms with van der Waals surface area (Å²) < 4.78 is 0.809. The van der Waals surface area contributed by atoms with E-state index in [0.29, 0.717) is 5.46 Å². The van der Waals surface area contributed by atoms with Gasteiger partial charge in [0.1, 0.15) is 13.6 Å². The van der Waals surface area contributed by atoms with Gasteiger partial charge in [0.05, 0.1) is 0 Å². The van der Waals surface area contributed by atoms with Crippen LogP contribution in [0.4, 0.5) is 0 Å². The number of hydrogen-bond acceptors (Lipinski definition) is 1. The van der Waals surface area contributed by atoms with Crippen LogP contribution in [0, 0.1) is 0 Å². The molecule has 0 aromatic heterocycles. The first-order valence-corrected chi connectivity index (χ1v) is 4.40. The highest BCUT2D eigenvalue weighted by molar-refractivity contribution is 14.1. The minimum atomic E-state index is 0.286. The molecule has 0 aliphatic rings. The zero-order chi connectivity index (χ0) is 7.56. The molecule has 0 spiro atoms. The molecule has 0 bridgehead atoms. The van der Waals surface area contributed by atoms with Crippen molar-refractivity contribution in [1.82, 2.24) is 0 Å². The third-order valence-corrected chi connectivity index (χ3v) is 2.08. The van der Waals surface area contributed by atoms with Crippen LogP contribution in [0.5, 0.6) is 5.75 Å². The zero-order valence-corrected chi connectivity index (χ0v) is 7.50. The molecule has 1 nitrogen and oxygen atoms in total. The van der Waals surface area contributed by atoms with E-state index in [1.165, 1.54) is 0 Å². The van der Waals surface area contributed by atoms with Crippen molar-refractivity contribution in [1.29, 1.82) is 0 Å². The third-order valence-electron chi connectivity index (χ3n) is 1.25. The fourth-order valence-electron chi connectivity index (χ4n) is 0.694. The number of hydrogen-bond donors (Lipinski definition) is 1. The van der Waals surface area contributed by atoms with Crippen LogP contribution in [0.25, 0.3) is 0 Å². The highest BCUT2D eigenvalue weighted by Gasteiger charge is 1.96. The van der Waals surface area contributed by atoms with Gasteiger partial charge in [-0.05, 0) is 6.07 Å². The lowest BCUT2D eigenvalue weighted by molar-refractivity contribution is 0.471. The molecule has 0 aliphatic carbocycles. The van der Waals surface area contributed by atoms with Crippen molar-refractivity contribution in [2.45, 2.75) is 4.43 Å². The van der Waals surface area contributed by atoms with Gasteiger partial charge in [0.25, 0.3) is 0 Å². The van der Waals surface area contributed by atoms with Gasteiger partial charge in [-0.3, -0.25) is 0 Å². The first kappa shape index (κ1) is 7.92. The minimum Gasteiger partial charge on any atom is -0.508 e. The molecule has 3 heteroatoms. The van der Waals surface area contributed by atoms with Crippen LogP contribution in [0.1, 0.15) is 5.56 Å². The second-order valence-electron chi connectivity index (χ2n) is 2.02. The molecule has 0 saturated carbocycles. The predicted molar refractivity (Wildman–Crippen MR) is 51.2 cm³/mol. The van der Waals surface area contributed by atoms with E-state index in [2.05, 4.69) is 22.6 Å². The molecule has 0 aliphatic heterocycles. The molecule has 1 aromatic carbocycles. The number of phenols is 1. The van der Waals surface area contributed by atoms with E-state index in [1.807, 2.05) is 6.07 Å². The maximum atomic E-state index is 9.21. The molecular weight excluding hydrogens is 238 g/mol. The summed E-state index contributed by atoms with van der Waals surface area (Å²) >= 11 is 2.19. The highest BCUT2D eigenvalue weighted by Crippen LogP contribution is 2.16. The van der Waals surface area contributed by atoms with E-state index in [1.54, 1.807) is 12.1 Å². The maximum absolute atomic E-state index is 9.21. The fourth-order valence-corrected chi connectivity index (χ4v) is 1.34. The van der Waals surface area contributed by atoms with Gasteiger partial charge in [0, 0.05) is 9.99 Å². The highest BCUT2D eigenvalue weighted by atomic mass is 127. The number of aromatic hydroxyl groups is 1. The first-order valence-electron chi connectivity index (χ1n) is 2.87. The first-order chi connectivity index (χ1) is 4.74. The van der Waals surface area contributed by atoms with E-state index in [9.17, 15) is 5.11 Å². The molecule has 50 valence electrons. The lowest BCUT2D eigenvalue weighted by atomic mass is 9.95. The van der Waals surface area contributed by atoms with Crippen LogP contribution in [-0.4, -0.2) is 13.0 Å². The minimum absolute atomic E-state index is 0.286. The molecule has 1 N–H and O–H groups in total. The number of phenolic OH excluding ortho intramolecular Hbond substituents is 1. The molecule has 1 aromatic rings. The predicted octanol–water partition coefficient (Wildman–Crippen LogP) is 1.12. The van der Waals surface area contributed by atoms with Crippen LogP contribution in [0.15, 0.2) is 18.2 Å². The number of alkyl halides is 1. The Balaban J connectivity index is 3.07. The number of rotatable bonds is 1. The Kier molecular flexibility index (Phi) is 2.60. The van der Waals surface area contributed by atoms with Crippen LogP contribution in [-0.2, 0) is 4.43 Å². The molecule has 1 rings (SSSR count). The second kappa shape index (κ2) is 3.28. The number of benzene rings is 1. The molecule has 2 radical (unpaired) electrons. The summed E-state index contributed by atoms with van der Waals surface area (Å²) in [7, 11) is 5.42. The van der Waals surface area contributed by atoms with Crippen molar-refractivity contribution >= 4 is 35.9 Å². The summed E-state index contributed by atoms with van der Waals surface area (Å²) in [6.45, 7) is 0. The molecule has 0 heterocycles. The third kappa shape index (κ3) is 1.65. The second-order valence-corrected chi connectivity index (χ2v) is 2.78. The fraction of sp³-hybridized carbons (Fsp3) is 0.143. The van der Waals surface area contributed by atoms with Gasteiger partial charge in [-0.1, -0.05) is 40.2 Å². The summed E-state index contributed by atoms with van der Waals surface area (Å²) in [6.07, 6.45) is 0. The monoisotopic (exact) mass is 244 g/mol. The van der Waals surface area contributed by atoms with Crippen molar-refractivity contribution < 1.29 is 5.11 Å². The summed E-state index contributed by atoms with van der Waals surface area (Å²) in [6, 6.07) is 5.18. The molecule has 0 fully saturated rings. The molecule has 10 heavy (non-hydrogen) atoms. The molecule has 0 amide bonds. The summed E-state index contributed by atoms with van der Waals surface area (Å²) in [5.41, 5.74) is 1.53. The summed E-state index contributed by atoms with van der Waals surface area (Å²) in [5, 5.41) is 9.21. The van der Waals surface area contributed by atoms with Crippen molar-refractivity contribution in [3.63, 3.8) is 0 Å². The van der Waals surface area contributed by atoms with Gasteiger partial charge >= 0.3 is 0 Å². The normalized spacial score (nSPS) is 9.70. The van der Waals surface area contributed by atoms with Gasteiger partial charge in [-0.2, -0.15) is 0 Å². The smallest absolute Gasteiger partial charge is 0.118 e. The van der Waals surface area contributed by atoms with Gasteiger partial charge in [-0.25, -0.2) is 0 Å². The zero-order valence-electron chi connectivity index (χ0n) is 5.34. The molecule has 0 saturated heterocycles. The molecule has 0 unspecified atom stereocenters. The van der Waals surface area contributed by atoms with E-state index in [0.717, 1.165) is 9.99 Å². The largest absolute Gasteiger partial charge is 0.508 e. The van der Waals surface area contributed by atoms with Crippen molar-refractivity contribution in [2.75, 3.05) is 0 Å². The summed E-state index contributed by atoms with van der Waals surface area (Å²) in [5.74, 6) is 0.286. The van der Waals surface area contributed by atoms with Crippen molar-refractivity contribution in [2.24, 2.45) is 0 Å². The Morgan fingerprint density at radius 3 is 2.70 bits per heavy atom. The van der Waals surface area contributed by atoms with Crippen LogP contribution in [0.3, 0.4) is 0 Å². The van der Waals surface area contributed by atoms with Gasteiger partial charge < -0.3 is 5.11 Å². The van der Waals surface area contributed by atoms with E-state index < -0.39 is 0 Å². The van der Waals surface area contributed by atoms with Crippen molar-refractivity contribution in [3.05, 3.63) is 23.8 Å². The Labute approximate surface area is 75.0 Å². The van der Waals surface area contributed by atoms with E-state index in [-0.39, 0.29) is 5.75 Å². The topological polar surface area (TPSA) is 20.2 Å². The van der Waals surface area contributed by atoms with Crippen molar-refractivity contribution in [3.8, 4) is 5.75 Å². The van der Waals surface area contributed by atoms with E-state index in [4.69, 9.17) is 7.85 Å². The van der Waals surface area contributed by atoms with Gasteiger partial charge in [0.15, 0.2) is 0 Å². The Bertz CT molecular complexity index is 237. The Morgan fingerprint density at radius 1 is 1.50 bits per heavy atom. The lowest BCUT2D eigenvalue weighted by Crippen LogP contribution is -2.00. The van der Waals surface area contributed by atoms with Gasteiger partial charge in [0.2, 0.25) is 0 Å². The quantitative estimate of drug-likeness (QED) is 0.445. The Hall–Kier alpha value is -0.185. The van der Waals surface area contributed by atoms with Crippen LogP contribution >= 0.6 is 22.6 Å².